The number of nitrogens with zero attached hydrogens (tertiary/aromatic N) is 2. The molecule has 3 amide bonds. The van der Waals surface area contributed by atoms with Crippen molar-refractivity contribution in [3.63, 3.8) is 0 Å². The van der Waals surface area contributed by atoms with Crippen molar-refractivity contribution in [2.45, 2.75) is 19.4 Å². The minimum atomic E-state index is -1.00. The fraction of sp³-hybridized carbons (Fsp3) is 0.412. The number of morpholine rings is 1. The summed E-state index contributed by atoms with van der Waals surface area (Å²) in [5, 5.41) is 8.83. The van der Waals surface area contributed by atoms with E-state index in [0.717, 1.165) is 10.5 Å². The number of fused-ring (bicyclic) bond motifs is 1. The van der Waals surface area contributed by atoms with E-state index < -0.39 is 29.8 Å². The Kier molecular flexibility index (Phi) is 4.54. The smallest absolute Gasteiger partial charge is 0.306 e. The monoisotopic (exact) mass is 346 g/mol. The number of aryl methyl sites for hydroxylation is 1. The Morgan fingerprint density at radius 1 is 1.24 bits per heavy atom. The minimum Gasteiger partial charge on any atom is -0.481 e. The number of benzene rings is 1. The molecule has 0 saturated carbocycles. The molecule has 0 aliphatic carbocycles. The second-order valence-corrected chi connectivity index (χ2v) is 6.18. The van der Waals surface area contributed by atoms with E-state index in [1.165, 1.54) is 4.90 Å². The van der Waals surface area contributed by atoms with Gasteiger partial charge in [0, 0.05) is 13.1 Å². The molecule has 0 aromatic heterocycles. The standard InChI is InChI=1S/C17H18N2O6/c1-10-2-3-12-13(6-10)17(24)19(16(12)23)9-14(20)18-4-5-25-11(8-18)7-15(21)22/h2-3,6,11H,4-5,7-9H2,1H3,(H,21,22). The van der Waals surface area contributed by atoms with Gasteiger partial charge in [0.25, 0.3) is 11.8 Å². The number of carbonyl (C=O) groups is 4. The van der Waals surface area contributed by atoms with Gasteiger partial charge in [0.1, 0.15) is 6.54 Å². The van der Waals surface area contributed by atoms with E-state index in [0.29, 0.717) is 17.7 Å². The van der Waals surface area contributed by atoms with E-state index in [-0.39, 0.29) is 26.1 Å². The number of hydrogen-bond acceptors (Lipinski definition) is 5. The van der Waals surface area contributed by atoms with Crippen molar-refractivity contribution in [3.05, 3.63) is 34.9 Å². The van der Waals surface area contributed by atoms with Crippen molar-refractivity contribution in [2.24, 2.45) is 0 Å². The first kappa shape index (κ1) is 17.1. The summed E-state index contributed by atoms with van der Waals surface area (Å²) in [6.07, 6.45) is -0.782. The number of hydrogen-bond donors (Lipinski definition) is 1. The largest absolute Gasteiger partial charge is 0.481 e. The van der Waals surface area contributed by atoms with Crippen LogP contribution in [0.2, 0.25) is 0 Å². The molecule has 2 heterocycles. The van der Waals surface area contributed by atoms with Crippen LogP contribution in [0.25, 0.3) is 0 Å². The average molecular weight is 346 g/mol. The molecule has 2 aliphatic heterocycles. The highest BCUT2D eigenvalue weighted by molar-refractivity contribution is 6.22. The van der Waals surface area contributed by atoms with Crippen LogP contribution in [0.5, 0.6) is 0 Å². The van der Waals surface area contributed by atoms with Gasteiger partial charge in [-0.25, -0.2) is 0 Å². The molecule has 0 bridgehead atoms. The van der Waals surface area contributed by atoms with Crippen LogP contribution in [0.1, 0.15) is 32.7 Å². The number of carbonyl (C=O) groups excluding carboxylic acids is 3. The summed E-state index contributed by atoms with van der Waals surface area (Å²) in [6.45, 7) is 2.13. The van der Waals surface area contributed by atoms with Crippen LogP contribution in [0.4, 0.5) is 0 Å². The highest BCUT2D eigenvalue weighted by Gasteiger charge is 2.38. The third kappa shape index (κ3) is 3.39. The molecule has 1 atom stereocenters. The van der Waals surface area contributed by atoms with Gasteiger partial charge in [-0.3, -0.25) is 24.1 Å². The van der Waals surface area contributed by atoms with Crippen molar-refractivity contribution in [1.82, 2.24) is 9.80 Å². The van der Waals surface area contributed by atoms with Crippen molar-refractivity contribution < 1.29 is 29.0 Å². The van der Waals surface area contributed by atoms with Crippen molar-refractivity contribution >= 4 is 23.7 Å². The lowest BCUT2D eigenvalue weighted by Gasteiger charge is -2.33. The summed E-state index contributed by atoms with van der Waals surface area (Å²) < 4.78 is 5.32. The van der Waals surface area contributed by atoms with Gasteiger partial charge in [-0.15, -0.1) is 0 Å². The predicted octanol–water partition coefficient (Wildman–Crippen LogP) is 0.293. The predicted molar refractivity (Wildman–Crippen MR) is 85.1 cm³/mol. The number of carboxylic acid groups (broad SMARTS) is 1. The molecule has 8 nitrogen and oxygen atoms in total. The van der Waals surface area contributed by atoms with Gasteiger partial charge in [-0.2, -0.15) is 0 Å². The molecule has 1 unspecified atom stereocenters. The first-order valence-corrected chi connectivity index (χ1v) is 7.95. The van der Waals surface area contributed by atoms with Crippen molar-refractivity contribution in [2.75, 3.05) is 26.2 Å². The maximum absolute atomic E-state index is 12.5. The molecule has 1 aromatic rings. The van der Waals surface area contributed by atoms with Crippen molar-refractivity contribution in [3.8, 4) is 0 Å². The zero-order valence-corrected chi connectivity index (χ0v) is 13.7. The molecule has 132 valence electrons. The third-order valence-electron chi connectivity index (χ3n) is 4.31. The lowest BCUT2D eigenvalue weighted by atomic mass is 10.1. The molecular formula is C17H18N2O6. The number of carboxylic acids is 1. The highest BCUT2D eigenvalue weighted by atomic mass is 16.5. The third-order valence-corrected chi connectivity index (χ3v) is 4.31. The van der Waals surface area contributed by atoms with E-state index in [9.17, 15) is 19.2 Å². The quantitative estimate of drug-likeness (QED) is 0.786. The summed E-state index contributed by atoms with van der Waals surface area (Å²) in [6, 6.07) is 4.97. The fourth-order valence-corrected chi connectivity index (χ4v) is 3.05. The summed E-state index contributed by atoms with van der Waals surface area (Å²) in [5.74, 6) is -2.36. The molecule has 0 spiro atoms. The van der Waals surface area contributed by atoms with Crippen LogP contribution < -0.4 is 0 Å². The van der Waals surface area contributed by atoms with E-state index in [4.69, 9.17) is 9.84 Å². The zero-order chi connectivity index (χ0) is 18.1. The summed E-state index contributed by atoms with van der Waals surface area (Å²) in [7, 11) is 0. The minimum absolute atomic E-state index is 0.132. The maximum atomic E-state index is 12.5. The van der Waals surface area contributed by atoms with Crippen LogP contribution >= 0.6 is 0 Å². The lowest BCUT2D eigenvalue weighted by molar-refractivity contribution is -0.147. The molecule has 25 heavy (non-hydrogen) atoms. The Morgan fingerprint density at radius 2 is 1.96 bits per heavy atom. The molecular weight excluding hydrogens is 328 g/mol. The molecule has 2 aliphatic rings. The van der Waals surface area contributed by atoms with Gasteiger partial charge < -0.3 is 14.7 Å². The van der Waals surface area contributed by atoms with Crippen LogP contribution in [0, 0.1) is 6.92 Å². The highest BCUT2D eigenvalue weighted by Crippen LogP contribution is 2.24. The van der Waals surface area contributed by atoms with Crippen LogP contribution in [0.3, 0.4) is 0 Å². The summed E-state index contributed by atoms with van der Waals surface area (Å²) in [5.41, 5.74) is 1.47. The lowest BCUT2D eigenvalue weighted by Crippen LogP contribution is -2.50. The number of ether oxygens (including phenoxy) is 1. The van der Waals surface area contributed by atoms with E-state index in [1.807, 2.05) is 6.92 Å². The van der Waals surface area contributed by atoms with Gasteiger partial charge in [-0.05, 0) is 19.1 Å². The summed E-state index contributed by atoms with van der Waals surface area (Å²) in [4.78, 5) is 50.4. The average Bonchev–Trinajstić information content (AvgIpc) is 2.79. The second kappa shape index (κ2) is 6.64. The second-order valence-electron chi connectivity index (χ2n) is 6.18. The molecule has 1 fully saturated rings. The van der Waals surface area contributed by atoms with Gasteiger partial charge in [0.2, 0.25) is 5.91 Å². The molecule has 3 rings (SSSR count). The number of amides is 3. The fourth-order valence-electron chi connectivity index (χ4n) is 3.05. The molecule has 1 aromatic carbocycles. The van der Waals surface area contributed by atoms with Crippen LogP contribution in [0.15, 0.2) is 18.2 Å². The normalized spacial score (nSPS) is 20.0. The SMILES string of the molecule is Cc1ccc2c(c1)C(=O)N(CC(=O)N1CCOC(CC(=O)O)C1)C2=O. The van der Waals surface area contributed by atoms with Crippen LogP contribution in [-0.2, 0) is 14.3 Å². The number of rotatable bonds is 4. The Labute approximate surface area is 144 Å². The van der Waals surface area contributed by atoms with Gasteiger partial charge in [0.05, 0.1) is 30.3 Å². The van der Waals surface area contributed by atoms with E-state index >= 15 is 0 Å². The van der Waals surface area contributed by atoms with Gasteiger partial charge >= 0.3 is 5.97 Å². The first-order chi connectivity index (χ1) is 11.9. The Hall–Kier alpha value is -2.74. The Balaban J connectivity index is 1.68. The van der Waals surface area contributed by atoms with Crippen molar-refractivity contribution in [1.29, 1.82) is 0 Å². The summed E-state index contributed by atoms with van der Waals surface area (Å²) >= 11 is 0. The first-order valence-electron chi connectivity index (χ1n) is 7.95. The number of imide groups is 1. The topological polar surface area (TPSA) is 104 Å². The van der Waals surface area contributed by atoms with Gasteiger partial charge in [0.15, 0.2) is 0 Å². The van der Waals surface area contributed by atoms with Crippen LogP contribution in [-0.4, -0.2) is 70.9 Å². The molecule has 1 N–H and O–H groups in total. The van der Waals surface area contributed by atoms with E-state index in [2.05, 4.69) is 0 Å². The number of aliphatic carboxylic acids is 1. The molecule has 8 heteroatoms. The Bertz CT molecular complexity index is 760. The maximum Gasteiger partial charge on any atom is 0.306 e. The molecule has 0 radical (unpaired) electrons. The Morgan fingerprint density at radius 3 is 2.68 bits per heavy atom. The molecule has 1 saturated heterocycles. The van der Waals surface area contributed by atoms with E-state index in [1.54, 1.807) is 18.2 Å². The zero-order valence-electron chi connectivity index (χ0n) is 13.7. The van der Waals surface area contributed by atoms with Gasteiger partial charge in [-0.1, -0.05) is 11.6 Å².